The van der Waals surface area contributed by atoms with Crippen molar-refractivity contribution in [1.29, 1.82) is 0 Å². The molecule has 138 valence electrons. The Balaban J connectivity index is 1.61. The molecule has 3 heterocycles. The Hall–Kier alpha value is -2.25. The van der Waals surface area contributed by atoms with E-state index in [1.807, 2.05) is 18.2 Å². The van der Waals surface area contributed by atoms with Crippen molar-refractivity contribution in [3.8, 4) is 0 Å². The third kappa shape index (κ3) is 3.64. The molecule has 2 aliphatic rings. The van der Waals surface area contributed by atoms with Crippen LogP contribution < -0.4 is 10.6 Å². The number of hydrogen-bond acceptors (Lipinski definition) is 6. The van der Waals surface area contributed by atoms with Gasteiger partial charge < -0.3 is 15.4 Å². The van der Waals surface area contributed by atoms with Crippen molar-refractivity contribution >= 4 is 22.6 Å². The third-order valence-electron chi connectivity index (χ3n) is 5.30. The Morgan fingerprint density at radius 1 is 1.12 bits per heavy atom. The normalized spacial score (nSPS) is 19.8. The van der Waals surface area contributed by atoms with E-state index in [4.69, 9.17) is 20.4 Å². The molecule has 7 heteroatoms. The number of fused-ring (bicyclic) bond motifs is 1. The molecule has 0 bridgehead atoms. The first-order chi connectivity index (χ1) is 12.7. The smallest absolute Gasteiger partial charge is 0.220 e. The van der Waals surface area contributed by atoms with Gasteiger partial charge in [-0.25, -0.2) is 9.97 Å². The average Bonchev–Trinajstić information content (AvgIpc) is 2.68. The first-order valence-corrected chi connectivity index (χ1v) is 9.31. The number of morpholine rings is 1. The third-order valence-corrected chi connectivity index (χ3v) is 5.30. The van der Waals surface area contributed by atoms with Crippen molar-refractivity contribution in [2.45, 2.75) is 19.4 Å². The number of amides is 1. The van der Waals surface area contributed by atoms with E-state index >= 15 is 0 Å². The first-order valence-electron chi connectivity index (χ1n) is 9.31. The van der Waals surface area contributed by atoms with E-state index in [0.29, 0.717) is 0 Å². The summed E-state index contributed by atoms with van der Waals surface area (Å²) in [6.07, 6.45) is 1.57. The molecule has 7 nitrogen and oxygen atoms in total. The second-order valence-electron chi connectivity index (χ2n) is 7.03. The molecule has 4 rings (SSSR count). The second kappa shape index (κ2) is 7.55. The topological polar surface area (TPSA) is 84.6 Å². The van der Waals surface area contributed by atoms with Crippen molar-refractivity contribution in [3.63, 3.8) is 0 Å². The SMILES string of the molecule is NC(=O)C1CCN(c2nc(CN3CCOCC3)nc3ccccc23)CC1. The number of aromatic nitrogens is 2. The molecular weight excluding hydrogens is 330 g/mol. The Labute approximate surface area is 153 Å². The van der Waals surface area contributed by atoms with Crippen LogP contribution in [0.4, 0.5) is 5.82 Å². The zero-order valence-corrected chi connectivity index (χ0v) is 14.9. The standard InChI is InChI=1S/C19H25N5O2/c20-18(25)14-5-7-24(8-6-14)19-15-3-1-2-4-16(15)21-17(22-19)13-23-9-11-26-12-10-23/h1-4,14H,5-13H2,(H2,20,25). The van der Waals surface area contributed by atoms with E-state index in [0.717, 1.165) is 81.3 Å². The highest BCUT2D eigenvalue weighted by Crippen LogP contribution is 2.28. The zero-order valence-electron chi connectivity index (χ0n) is 14.9. The minimum atomic E-state index is -0.190. The van der Waals surface area contributed by atoms with Crippen molar-refractivity contribution in [2.75, 3.05) is 44.3 Å². The van der Waals surface area contributed by atoms with E-state index in [1.54, 1.807) is 0 Å². The largest absolute Gasteiger partial charge is 0.379 e. The van der Waals surface area contributed by atoms with Crippen LogP contribution in [0.3, 0.4) is 0 Å². The summed E-state index contributed by atoms with van der Waals surface area (Å²) in [5.41, 5.74) is 6.44. The fourth-order valence-electron chi connectivity index (χ4n) is 3.75. The Morgan fingerprint density at radius 3 is 2.58 bits per heavy atom. The van der Waals surface area contributed by atoms with Crippen LogP contribution in [-0.2, 0) is 16.1 Å². The molecule has 1 aromatic heterocycles. The van der Waals surface area contributed by atoms with Gasteiger partial charge in [0.2, 0.25) is 5.91 Å². The molecule has 0 unspecified atom stereocenters. The fraction of sp³-hybridized carbons (Fsp3) is 0.526. The number of benzene rings is 1. The van der Waals surface area contributed by atoms with Gasteiger partial charge in [-0.1, -0.05) is 12.1 Å². The van der Waals surface area contributed by atoms with E-state index in [9.17, 15) is 4.79 Å². The van der Waals surface area contributed by atoms with Gasteiger partial charge in [0.25, 0.3) is 0 Å². The number of carbonyl (C=O) groups is 1. The van der Waals surface area contributed by atoms with Gasteiger partial charge in [0, 0.05) is 37.5 Å². The highest BCUT2D eigenvalue weighted by molar-refractivity contribution is 5.89. The summed E-state index contributed by atoms with van der Waals surface area (Å²) in [4.78, 5) is 25.7. The number of para-hydroxylation sites is 1. The van der Waals surface area contributed by atoms with Gasteiger partial charge in [-0.05, 0) is 25.0 Å². The van der Waals surface area contributed by atoms with Crippen LogP contribution in [0.25, 0.3) is 10.9 Å². The number of primary amides is 1. The lowest BCUT2D eigenvalue weighted by Gasteiger charge is -2.32. The number of hydrogen-bond donors (Lipinski definition) is 1. The lowest BCUT2D eigenvalue weighted by molar-refractivity contribution is -0.122. The summed E-state index contributed by atoms with van der Waals surface area (Å²) >= 11 is 0. The molecule has 1 amide bonds. The summed E-state index contributed by atoms with van der Waals surface area (Å²) in [6, 6.07) is 8.15. The summed E-state index contributed by atoms with van der Waals surface area (Å²) < 4.78 is 5.43. The Morgan fingerprint density at radius 2 is 1.85 bits per heavy atom. The van der Waals surface area contributed by atoms with Gasteiger partial charge in [0.1, 0.15) is 11.6 Å². The lowest BCUT2D eigenvalue weighted by Crippen LogP contribution is -2.39. The number of anilines is 1. The highest BCUT2D eigenvalue weighted by Gasteiger charge is 2.25. The first kappa shape index (κ1) is 17.2. The van der Waals surface area contributed by atoms with Gasteiger partial charge in [0.15, 0.2) is 0 Å². The van der Waals surface area contributed by atoms with Crippen molar-refractivity contribution < 1.29 is 9.53 Å². The summed E-state index contributed by atoms with van der Waals surface area (Å²) in [5, 5.41) is 1.07. The zero-order chi connectivity index (χ0) is 17.9. The van der Waals surface area contributed by atoms with Gasteiger partial charge in [-0.3, -0.25) is 9.69 Å². The second-order valence-corrected chi connectivity index (χ2v) is 7.03. The van der Waals surface area contributed by atoms with E-state index < -0.39 is 0 Å². The molecular formula is C19H25N5O2. The number of piperidine rings is 1. The van der Waals surface area contributed by atoms with Crippen LogP contribution >= 0.6 is 0 Å². The number of nitrogens with zero attached hydrogens (tertiary/aromatic N) is 4. The van der Waals surface area contributed by atoms with Gasteiger partial charge in [0.05, 0.1) is 25.3 Å². The van der Waals surface area contributed by atoms with Crippen molar-refractivity contribution in [3.05, 3.63) is 30.1 Å². The maximum absolute atomic E-state index is 11.4. The van der Waals surface area contributed by atoms with Crippen LogP contribution in [0.5, 0.6) is 0 Å². The van der Waals surface area contributed by atoms with Crippen molar-refractivity contribution in [1.82, 2.24) is 14.9 Å². The maximum atomic E-state index is 11.4. The average molecular weight is 355 g/mol. The van der Waals surface area contributed by atoms with Gasteiger partial charge >= 0.3 is 0 Å². The van der Waals surface area contributed by atoms with Gasteiger partial charge in [-0.2, -0.15) is 0 Å². The molecule has 2 N–H and O–H groups in total. The van der Waals surface area contributed by atoms with Crippen LogP contribution in [0.2, 0.25) is 0 Å². The molecule has 2 aromatic rings. The van der Waals surface area contributed by atoms with Crippen LogP contribution in [0.15, 0.2) is 24.3 Å². The Kier molecular flexibility index (Phi) is 4.99. The van der Waals surface area contributed by atoms with Crippen LogP contribution in [0, 0.1) is 5.92 Å². The predicted molar refractivity (Wildman–Crippen MR) is 99.8 cm³/mol. The molecule has 2 fully saturated rings. The molecule has 0 spiro atoms. The molecule has 1 aromatic carbocycles. The van der Waals surface area contributed by atoms with E-state index in [2.05, 4.69) is 15.9 Å². The maximum Gasteiger partial charge on any atom is 0.220 e. The predicted octanol–water partition coefficient (Wildman–Crippen LogP) is 1.16. The molecule has 26 heavy (non-hydrogen) atoms. The van der Waals surface area contributed by atoms with Gasteiger partial charge in [-0.15, -0.1) is 0 Å². The quantitative estimate of drug-likeness (QED) is 0.886. The number of ether oxygens (including phenoxy) is 1. The molecule has 2 aliphatic heterocycles. The molecule has 2 saturated heterocycles. The van der Waals surface area contributed by atoms with Crippen molar-refractivity contribution in [2.24, 2.45) is 11.7 Å². The molecule has 0 radical (unpaired) electrons. The number of nitrogens with two attached hydrogens (primary N) is 1. The lowest BCUT2D eigenvalue weighted by atomic mass is 9.96. The summed E-state index contributed by atoms with van der Waals surface area (Å²) in [6.45, 7) is 5.68. The number of carbonyl (C=O) groups excluding carboxylic acids is 1. The minimum Gasteiger partial charge on any atom is -0.379 e. The van der Waals surface area contributed by atoms with Crippen LogP contribution in [0.1, 0.15) is 18.7 Å². The van der Waals surface area contributed by atoms with E-state index in [1.165, 1.54) is 0 Å². The fourth-order valence-corrected chi connectivity index (χ4v) is 3.75. The van der Waals surface area contributed by atoms with Crippen LogP contribution in [-0.4, -0.2) is 60.2 Å². The molecule has 0 atom stereocenters. The monoisotopic (exact) mass is 355 g/mol. The highest BCUT2D eigenvalue weighted by atomic mass is 16.5. The Bertz CT molecular complexity index is 783. The number of rotatable bonds is 4. The summed E-state index contributed by atoms with van der Waals surface area (Å²) in [7, 11) is 0. The van der Waals surface area contributed by atoms with E-state index in [-0.39, 0.29) is 11.8 Å². The molecule has 0 aliphatic carbocycles. The minimum absolute atomic E-state index is 0.0211. The molecule has 0 saturated carbocycles. The summed E-state index contributed by atoms with van der Waals surface area (Å²) in [5.74, 6) is 1.61.